The molecular weight excluding hydrogens is 550 g/mol. The summed E-state index contributed by atoms with van der Waals surface area (Å²) in [5.74, 6) is -1.64. The Morgan fingerprint density at radius 1 is 0.952 bits per heavy atom. The van der Waals surface area contributed by atoms with E-state index in [1.54, 1.807) is 48.5 Å². The number of allylic oxidation sites excluding steroid dienone is 1. The standard InChI is InChI=1S/C30H31NO11/c31-14-13-19-20(40-30-27(37)26(36)25(35)22(16-32)41-30)15-21(39-29(38)18-9-5-2-6-10-18)28(24(19)34)42-23(33)12-11-17-7-3-1-4-8-17/h1-13,20-22,24-28,30,32,34-37H,15-16H2/b12-11+,19-13+/t20-,21+,22-,24+,25-,26+,27-,28-,30-/m1/s1. The fourth-order valence-corrected chi connectivity index (χ4v) is 4.73. The zero-order valence-electron chi connectivity index (χ0n) is 22.2. The topological polar surface area (TPSA) is 196 Å². The number of carbonyl (C=O) groups excluding carboxylic acids is 2. The van der Waals surface area contributed by atoms with Crippen LogP contribution in [0.1, 0.15) is 22.3 Å². The molecule has 4 rings (SSSR count). The maximum Gasteiger partial charge on any atom is 0.338 e. The Morgan fingerprint density at radius 2 is 1.62 bits per heavy atom. The highest BCUT2D eigenvalue weighted by Crippen LogP contribution is 2.34. The van der Waals surface area contributed by atoms with Gasteiger partial charge in [-0.05, 0) is 23.8 Å². The molecule has 1 heterocycles. The van der Waals surface area contributed by atoms with E-state index in [4.69, 9.17) is 18.9 Å². The molecule has 5 N–H and O–H groups in total. The summed E-state index contributed by atoms with van der Waals surface area (Å²) in [7, 11) is 0. The van der Waals surface area contributed by atoms with Crippen LogP contribution in [0.5, 0.6) is 0 Å². The van der Waals surface area contributed by atoms with Crippen LogP contribution in [0.2, 0.25) is 0 Å². The lowest BCUT2D eigenvalue weighted by Crippen LogP contribution is -2.61. The van der Waals surface area contributed by atoms with Crippen molar-refractivity contribution in [3.05, 3.63) is 89.5 Å². The summed E-state index contributed by atoms with van der Waals surface area (Å²) in [4.78, 5) is 25.7. The van der Waals surface area contributed by atoms with Crippen LogP contribution in [-0.4, -0.2) is 99.2 Å². The number of hydrogen-bond donors (Lipinski definition) is 5. The Labute approximate surface area is 241 Å². The van der Waals surface area contributed by atoms with Crippen LogP contribution in [0.15, 0.2) is 78.4 Å². The average molecular weight is 582 g/mol. The maximum absolute atomic E-state index is 13.0. The summed E-state index contributed by atoms with van der Waals surface area (Å²) < 4.78 is 22.4. The van der Waals surface area contributed by atoms with Crippen molar-refractivity contribution >= 4 is 18.0 Å². The number of ether oxygens (including phenoxy) is 4. The minimum Gasteiger partial charge on any atom is -0.455 e. The van der Waals surface area contributed by atoms with E-state index in [0.29, 0.717) is 5.56 Å². The molecule has 2 fully saturated rings. The second-order valence-corrected chi connectivity index (χ2v) is 9.73. The van der Waals surface area contributed by atoms with Crippen molar-refractivity contribution in [1.82, 2.24) is 0 Å². The zero-order valence-corrected chi connectivity index (χ0v) is 22.2. The lowest BCUT2D eigenvalue weighted by atomic mass is 9.84. The first-order valence-corrected chi connectivity index (χ1v) is 13.2. The van der Waals surface area contributed by atoms with Gasteiger partial charge in [0.2, 0.25) is 0 Å². The molecule has 0 radical (unpaired) electrons. The van der Waals surface area contributed by atoms with Crippen LogP contribution in [0, 0.1) is 11.3 Å². The normalized spacial score (nSPS) is 32.3. The average Bonchev–Trinajstić information content (AvgIpc) is 3.01. The third-order valence-electron chi connectivity index (χ3n) is 6.95. The number of rotatable bonds is 8. The van der Waals surface area contributed by atoms with Gasteiger partial charge >= 0.3 is 11.9 Å². The predicted molar refractivity (Wildman–Crippen MR) is 144 cm³/mol. The fourth-order valence-electron chi connectivity index (χ4n) is 4.73. The maximum atomic E-state index is 13.0. The Balaban J connectivity index is 1.60. The lowest BCUT2D eigenvalue weighted by Gasteiger charge is -2.44. The van der Waals surface area contributed by atoms with E-state index >= 15 is 0 Å². The highest BCUT2D eigenvalue weighted by atomic mass is 16.7. The van der Waals surface area contributed by atoms with Crippen molar-refractivity contribution < 1.29 is 54.1 Å². The largest absolute Gasteiger partial charge is 0.455 e. The molecule has 12 nitrogen and oxygen atoms in total. The molecule has 1 aliphatic carbocycles. The Kier molecular flexibility index (Phi) is 10.6. The minimum atomic E-state index is -1.77. The lowest BCUT2D eigenvalue weighted by molar-refractivity contribution is -0.312. The number of hydrogen-bond acceptors (Lipinski definition) is 12. The second kappa shape index (κ2) is 14.3. The van der Waals surface area contributed by atoms with E-state index in [1.165, 1.54) is 18.2 Å². The van der Waals surface area contributed by atoms with Crippen LogP contribution in [0.4, 0.5) is 0 Å². The molecule has 2 aromatic rings. The first kappa shape index (κ1) is 31.0. The quantitative estimate of drug-likeness (QED) is 0.162. The van der Waals surface area contributed by atoms with E-state index in [-0.39, 0.29) is 17.6 Å². The molecular formula is C30H31NO11. The van der Waals surface area contributed by atoms with Gasteiger partial charge in [-0.25, -0.2) is 9.59 Å². The van der Waals surface area contributed by atoms with Gasteiger partial charge in [-0.2, -0.15) is 5.26 Å². The van der Waals surface area contributed by atoms with Gasteiger partial charge in [0.1, 0.15) is 36.6 Å². The fraction of sp³-hybridized carbons (Fsp3) is 0.367. The summed E-state index contributed by atoms with van der Waals surface area (Å²) in [5.41, 5.74) is 0.820. The summed E-state index contributed by atoms with van der Waals surface area (Å²) in [6.45, 7) is -0.704. The Morgan fingerprint density at radius 3 is 2.26 bits per heavy atom. The van der Waals surface area contributed by atoms with Gasteiger partial charge in [0.15, 0.2) is 12.4 Å². The van der Waals surface area contributed by atoms with Gasteiger partial charge in [0, 0.05) is 24.1 Å². The van der Waals surface area contributed by atoms with Crippen LogP contribution in [-0.2, 0) is 23.7 Å². The summed E-state index contributed by atoms with van der Waals surface area (Å²) in [6.07, 6.45) is -10.4. The Bertz CT molecular complexity index is 1310. The molecule has 1 saturated heterocycles. The minimum absolute atomic E-state index is 0.0775. The van der Waals surface area contributed by atoms with Gasteiger partial charge in [-0.1, -0.05) is 48.5 Å². The van der Waals surface area contributed by atoms with E-state index in [1.807, 2.05) is 6.07 Å². The summed E-state index contributed by atoms with van der Waals surface area (Å²) >= 11 is 0. The molecule has 0 bridgehead atoms. The third kappa shape index (κ3) is 7.28. The van der Waals surface area contributed by atoms with Crippen molar-refractivity contribution in [2.45, 2.75) is 61.5 Å². The third-order valence-corrected chi connectivity index (χ3v) is 6.95. The molecule has 1 aliphatic heterocycles. The van der Waals surface area contributed by atoms with Crippen LogP contribution < -0.4 is 0 Å². The SMILES string of the molecule is N#C/C=C1\[C@H](O[C@@H]2O[C@H](CO)[C@@H](O)[C@H](O)[C@H]2O)C[C@H](OC(=O)c2ccccc2)[C@@H](OC(=O)/C=C/c2ccccc2)[C@H]1O. The molecule has 0 amide bonds. The number of aliphatic hydroxyl groups excluding tert-OH is 5. The van der Waals surface area contributed by atoms with Gasteiger partial charge in [-0.15, -0.1) is 0 Å². The van der Waals surface area contributed by atoms with Crippen molar-refractivity contribution in [3.8, 4) is 6.07 Å². The number of benzene rings is 2. The molecule has 2 aliphatic rings. The number of esters is 2. The van der Waals surface area contributed by atoms with Crippen molar-refractivity contribution in [2.24, 2.45) is 0 Å². The molecule has 12 heteroatoms. The molecule has 1 saturated carbocycles. The Hall–Kier alpha value is -3.93. The van der Waals surface area contributed by atoms with E-state index in [0.717, 1.165) is 12.2 Å². The molecule has 42 heavy (non-hydrogen) atoms. The predicted octanol–water partition coefficient (Wildman–Crippen LogP) is 0.237. The summed E-state index contributed by atoms with van der Waals surface area (Å²) in [5, 5.41) is 60.9. The molecule has 0 unspecified atom stereocenters. The van der Waals surface area contributed by atoms with E-state index in [2.05, 4.69) is 0 Å². The first-order chi connectivity index (χ1) is 20.2. The second-order valence-electron chi connectivity index (χ2n) is 9.73. The van der Waals surface area contributed by atoms with Crippen molar-refractivity contribution in [1.29, 1.82) is 5.26 Å². The monoisotopic (exact) mass is 581 g/mol. The van der Waals surface area contributed by atoms with Gasteiger partial charge in [0.05, 0.1) is 24.3 Å². The van der Waals surface area contributed by atoms with E-state index < -0.39 is 73.7 Å². The van der Waals surface area contributed by atoms with Crippen molar-refractivity contribution in [2.75, 3.05) is 6.61 Å². The van der Waals surface area contributed by atoms with Crippen LogP contribution in [0.25, 0.3) is 6.08 Å². The molecule has 222 valence electrons. The molecule has 0 aromatic heterocycles. The van der Waals surface area contributed by atoms with Gasteiger partial charge < -0.3 is 44.5 Å². The van der Waals surface area contributed by atoms with Gasteiger partial charge in [0.25, 0.3) is 0 Å². The summed E-state index contributed by atoms with van der Waals surface area (Å²) in [6, 6.07) is 18.6. The molecule has 9 atom stereocenters. The van der Waals surface area contributed by atoms with Crippen molar-refractivity contribution in [3.63, 3.8) is 0 Å². The van der Waals surface area contributed by atoms with Gasteiger partial charge in [-0.3, -0.25) is 0 Å². The van der Waals surface area contributed by atoms with Crippen LogP contribution >= 0.6 is 0 Å². The smallest absolute Gasteiger partial charge is 0.338 e. The highest BCUT2D eigenvalue weighted by molar-refractivity contribution is 5.89. The molecule has 0 spiro atoms. The first-order valence-electron chi connectivity index (χ1n) is 13.2. The number of aliphatic hydroxyl groups is 5. The van der Waals surface area contributed by atoms with E-state index in [9.17, 15) is 40.4 Å². The zero-order chi connectivity index (χ0) is 30.2. The molecule has 2 aromatic carbocycles. The number of nitriles is 1. The highest BCUT2D eigenvalue weighted by Gasteiger charge is 2.49. The number of nitrogens with zero attached hydrogens (tertiary/aromatic N) is 1. The number of carbonyl (C=O) groups is 2. The van der Waals surface area contributed by atoms with Crippen LogP contribution in [0.3, 0.4) is 0 Å².